The molecule has 0 aromatic carbocycles. The molecule has 7 rings (SSSR count). The van der Waals surface area contributed by atoms with Crippen LogP contribution in [-0.2, 0) is 4.74 Å². The van der Waals surface area contributed by atoms with E-state index in [9.17, 15) is 26.3 Å². The molecule has 0 bridgehead atoms. The summed E-state index contributed by atoms with van der Waals surface area (Å²) < 4.78 is 82.3. The van der Waals surface area contributed by atoms with Gasteiger partial charge in [-0.05, 0) is 242 Å². The zero-order chi connectivity index (χ0) is 57.9. The molecule has 1 atom stereocenters. The van der Waals surface area contributed by atoms with Crippen LogP contribution in [0.5, 0.6) is 0 Å². The van der Waals surface area contributed by atoms with Gasteiger partial charge in [0.25, 0.3) is 11.8 Å². The Balaban J connectivity index is 0.000000438. The summed E-state index contributed by atoms with van der Waals surface area (Å²) in [5, 5.41) is 0. The molecule has 75 heavy (non-hydrogen) atoms. The third-order valence-electron chi connectivity index (χ3n) is 15.8. The lowest BCUT2D eigenvalue weighted by Gasteiger charge is -2.41. The second-order valence-corrected chi connectivity index (χ2v) is 29.6. The molecule has 0 aromatic rings. The fraction of sp³-hybridized carbons (Fsp3) is 1.00. The van der Waals surface area contributed by atoms with Crippen LogP contribution >= 0.6 is 0 Å². The van der Waals surface area contributed by atoms with Crippen molar-refractivity contribution < 1.29 is 31.1 Å². The van der Waals surface area contributed by atoms with E-state index in [0.29, 0.717) is 42.7 Å². The molecule has 7 fully saturated rings. The monoisotopic (exact) mass is 1080 g/mol. The van der Waals surface area contributed by atoms with Crippen molar-refractivity contribution in [3.63, 3.8) is 0 Å². The molecule has 0 N–H and O–H groups in total. The second kappa shape index (κ2) is 31.5. The lowest BCUT2D eigenvalue weighted by molar-refractivity contribution is -0.0862. The number of morpholine rings is 1. The minimum atomic E-state index is -2.47. The molecule has 450 valence electrons. The maximum Gasteiger partial charge on any atom is 0.260 e. The Labute approximate surface area is 460 Å². The van der Waals surface area contributed by atoms with Gasteiger partial charge in [-0.1, -0.05) is 6.42 Å². The molecular formula is C61H123F6N7O. The molecule has 7 aliphatic rings. The highest BCUT2D eigenvalue weighted by molar-refractivity contribution is 4.88. The van der Waals surface area contributed by atoms with Gasteiger partial charge in [-0.3, -0.25) is 34.3 Å². The van der Waals surface area contributed by atoms with Gasteiger partial charge in [-0.25, -0.2) is 26.3 Å². The standard InChI is InChI=1S/2C9H17F2N.2C9H18FN.C9H19N.C8H17NO.C8H17N/c1-8(2,3)12-6-4-9(10,11)5-7-12;1-8(2,3)12-6-4-5-9(10,11)7-12;1-9(2,3)11-6-4-8(10)5-7-11;1-9(2,3)11-6-4-5-8(10)7-11;1-9(2,3)10-7-5-4-6-8-10;1-8(2,3)9-4-6-10-7-5-9;1-8(2,3)9-6-4-5-7-9/h2*4-7H2,1-3H3;2*8H,4-7H2,1-3H3;4-8H2,1-3H3;4-7H2,1-3H3;4-7H2,1-3H3. The summed E-state index contributed by atoms with van der Waals surface area (Å²) in [5.74, 6) is -4.88. The van der Waals surface area contributed by atoms with Crippen LogP contribution in [0.3, 0.4) is 0 Å². The van der Waals surface area contributed by atoms with Crippen molar-refractivity contribution >= 4 is 0 Å². The van der Waals surface area contributed by atoms with E-state index in [1.807, 2.05) is 25.7 Å². The van der Waals surface area contributed by atoms with Gasteiger partial charge >= 0.3 is 0 Å². The molecule has 8 nitrogen and oxygen atoms in total. The molecular weight excluding hydrogens is 961 g/mol. The van der Waals surface area contributed by atoms with Crippen molar-refractivity contribution in [2.75, 3.05) is 105 Å². The quantitative estimate of drug-likeness (QED) is 0.222. The average molecular weight is 1080 g/mol. The highest BCUT2D eigenvalue weighted by atomic mass is 19.3. The van der Waals surface area contributed by atoms with Gasteiger partial charge in [0.15, 0.2) is 0 Å². The fourth-order valence-electron chi connectivity index (χ4n) is 10.3. The molecule has 0 aromatic heterocycles. The smallest absolute Gasteiger partial charge is 0.260 e. The topological polar surface area (TPSA) is 31.9 Å². The Morgan fingerprint density at radius 2 is 0.627 bits per heavy atom. The molecule has 7 saturated heterocycles. The van der Waals surface area contributed by atoms with E-state index in [2.05, 4.69) is 154 Å². The van der Waals surface area contributed by atoms with Crippen LogP contribution in [0.15, 0.2) is 0 Å². The van der Waals surface area contributed by atoms with E-state index in [0.717, 1.165) is 78.2 Å². The van der Waals surface area contributed by atoms with Gasteiger partial charge in [0.2, 0.25) is 0 Å². The maximum absolute atomic E-state index is 12.9. The fourth-order valence-corrected chi connectivity index (χ4v) is 10.3. The zero-order valence-corrected chi connectivity index (χ0v) is 53.0. The van der Waals surface area contributed by atoms with Gasteiger partial charge in [0.05, 0.1) is 19.8 Å². The van der Waals surface area contributed by atoms with Crippen molar-refractivity contribution in [2.45, 2.75) is 292 Å². The number of hydrogen-bond donors (Lipinski definition) is 0. The van der Waals surface area contributed by atoms with Crippen molar-refractivity contribution in [2.24, 2.45) is 0 Å². The Hall–Kier alpha value is -0.740. The van der Waals surface area contributed by atoms with Gasteiger partial charge in [-0.2, -0.15) is 0 Å². The average Bonchev–Trinajstić information content (AvgIpc) is 3.84. The molecule has 0 aliphatic carbocycles. The van der Waals surface area contributed by atoms with Gasteiger partial charge < -0.3 is 4.74 Å². The van der Waals surface area contributed by atoms with Crippen LogP contribution in [0.4, 0.5) is 26.3 Å². The lowest BCUT2D eigenvalue weighted by Crippen LogP contribution is -2.51. The Morgan fingerprint density at radius 3 is 0.933 bits per heavy atom. The molecule has 0 radical (unpaired) electrons. The van der Waals surface area contributed by atoms with Crippen LogP contribution < -0.4 is 0 Å². The van der Waals surface area contributed by atoms with E-state index in [1.54, 1.807) is 0 Å². The number of piperidine rings is 5. The highest BCUT2D eigenvalue weighted by Gasteiger charge is 2.39. The SMILES string of the molecule is CC(C)(C)N1CCC(F)(F)CC1.CC(C)(C)N1CCC(F)CC1.CC(C)(C)N1CCCC(F)(F)C1.CC(C)(C)N1CCCC(F)C1.CC(C)(C)N1CCCC1.CC(C)(C)N1CCCCC1.CC(C)(C)N1CCOCC1. The predicted molar refractivity (Wildman–Crippen MR) is 310 cm³/mol. The second-order valence-electron chi connectivity index (χ2n) is 29.6. The van der Waals surface area contributed by atoms with Crippen molar-refractivity contribution in [3.05, 3.63) is 0 Å². The molecule has 1 unspecified atom stereocenters. The van der Waals surface area contributed by atoms with E-state index in [-0.39, 0.29) is 48.0 Å². The number of hydrogen-bond acceptors (Lipinski definition) is 8. The van der Waals surface area contributed by atoms with Crippen LogP contribution in [-0.4, -0.2) is 202 Å². The van der Waals surface area contributed by atoms with Gasteiger partial charge in [-0.15, -0.1) is 0 Å². The van der Waals surface area contributed by atoms with Gasteiger partial charge in [0, 0.05) is 104 Å². The summed E-state index contributed by atoms with van der Waals surface area (Å²) in [7, 11) is 0. The number of halogens is 6. The number of rotatable bonds is 0. The third-order valence-corrected chi connectivity index (χ3v) is 15.8. The molecule has 7 aliphatic heterocycles. The van der Waals surface area contributed by atoms with E-state index in [1.165, 1.54) is 58.3 Å². The van der Waals surface area contributed by atoms with Crippen molar-refractivity contribution in [1.29, 1.82) is 0 Å². The minimum absolute atomic E-state index is 0.0181. The predicted octanol–water partition coefficient (Wildman–Crippen LogP) is 14.7. The van der Waals surface area contributed by atoms with Crippen LogP contribution in [0, 0.1) is 0 Å². The van der Waals surface area contributed by atoms with E-state index in [4.69, 9.17) is 4.74 Å². The molecule has 0 spiro atoms. The van der Waals surface area contributed by atoms with E-state index < -0.39 is 24.2 Å². The first-order chi connectivity index (χ1) is 33.9. The molecule has 0 amide bonds. The van der Waals surface area contributed by atoms with Gasteiger partial charge in [0.1, 0.15) is 12.3 Å². The number of nitrogens with zero attached hydrogens (tertiary/aromatic N) is 7. The Morgan fingerprint density at radius 1 is 0.307 bits per heavy atom. The zero-order valence-electron chi connectivity index (χ0n) is 53.0. The number of ether oxygens (including phenoxy) is 1. The summed E-state index contributed by atoms with van der Waals surface area (Å²) in [4.78, 5) is 16.1. The van der Waals surface area contributed by atoms with E-state index >= 15 is 0 Å². The largest absolute Gasteiger partial charge is 0.379 e. The Kier molecular flexibility index (Phi) is 30.3. The number of alkyl halides is 6. The first-order valence-corrected chi connectivity index (χ1v) is 29.8. The lowest BCUT2D eigenvalue weighted by atomic mass is 9.99. The van der Waals surface area contributed by atoms with Crippen LogP contribution in [0.2, 0.25) is 0 Å². The molecule has 0 saturated carbocycles. The molecule has 7 heterocycles. The summed E-state index contributed by atoms with van der Waals surface area (Å²) in [6, 6.07) is 0. The number of likely N-dealkylation sites (tertiary alicyclic amines) is 6. The van der Waals surface area contributed by atoms with Crippen molar-refractivity contribution in [1.82, 2.24) is 34.3 Å². The third kappa shape index (κ3) is 31.7. The maximum atomic E-state index is 12.9. The Bertz CT molecular complexity index is 1440. The first kappa shape index (κ1) is 72.3. The van der Waals surface area contributed by atoms with Crippen LogP contribution in [0.25, 0.3) is 0 Å². The summed E-state index contributed by atoms with van der Waals surface area (Å²) >= 11 is 0. The van der Waals surface area contributed by atoms with Crippen LogP contribution in [0.1, 0.15) is 229 Å². The summed E-state index contributed by atoms with van der Waals surface area (Å²) in [5.41, 5.74) is 1.42. The first-order valence-electron chi connectivity index (χ1n) is 29.8. The summed E-state index contributed by atoms with van der Waals surface area (Å²) in [6.07, 6.45) is 9.81. The highest BCUT2D eigenvalue weighted by Crippen LogP contribution is 2.32. The molecule has 14 heteroatoms. The summed E-state index contributed by atoms with van der Waals surface area (Å²) in [6.45, 7) is 60.2. The normalized spacial score (nSPS) is 24.9. The van der Waals surface area contributed by atoms with Crippen molar-refractivity contribution in [3.8, 4) is 0 Å². The minimum Gasteiger partial charge on any atom is -0.379 e.